The van der Waals surface area contributed by atoms with Crippen LogP contribution in [0.2, 0.25) is 0 Å². The maximum Gasteiger partial charge on any atom is 0.228 e. The van der Waals surface area contributed by atoms with Crippen LogP contribution in [0.25, 0.3) is 0 Å². The van der Waals surface area contributed by atoms with Gasteiger partial charge in [0.05, 0.1) is 6.61 Å². The van der Waals surface area contributed by atoms with Gasteiger partial charge < -0.3 is 10.4 Å². The molecule has 2 rings (SSSR count). The van der Waals surface area contributed by atoms with E-state index in [-0.39, 0.29) is 18.4 Å². The second kappa shape index (κ2) is 6.75. The lowest BCUT2D eigenvalue weighted by Gasteiger charge is -2.23. The molecule has 1 heterocycles. The van der Waals surface area contributed by atoms with Crippen molar-refractivity contribution in [3.63, 3.8) is 0 Å². The number of rotatable bonds is 6. The van der Waals surface area contributed by atoms with Crippen LogP contribution in [0.5, 0.6) is 0 Å². The Labute approximate surface area is 111 Å². The summed E-state index contributed by atoms with van der Waals surface area (Å²) in [5.41, 5.74) is 1.12. The molecule has 0 aliphatic heterocycles. The van der Waals surface area contributed by atoms with Gasteiger partial charge in [0, 0.05) is 23.6 Å². The fourth-order valence-corrected chi connectivity index (χ4v) is 2.47. The SMILES string of the molecule is O=C(Nc1cc(CSCCO)ccn1)C1CCC1. The first kappa shape index (κ1) is 13.4. The number of aliphatic hydroxyl groups is 1. The predicted molar refractivity (Wildman–Crippen MR) is 73.5 cm³/mol. The molecule has 4 nitrogen and oxygen atoms in total. The number of pyridine rings is 1. The lowest BCUT2D eigenvalue weighted by atomic mass is 9.85. The number of aliphatic hydroxyl groups excluding tert-OH is 1. The van der Waals surface area contributed by atoms with Gasteiger partial charge in [0.1, 0.15) is 5.82 Å². The minimum Gasteiger partial charge on any atom is -0.396 e. The van der Waals surface area contributed by atoms with Gasteiger partial charge in [-0.2, -0.15) is 11.8 Å². The Morgan fingerprint density at radius 1 is 1.56 bits per heavy atom. The molecule has 1 aromatic rings. The molecule has 1 fully saturated rings. The van der Waals surface area contributed by atoms with Crippen molar-refractivity contribution >= 4 is 23.5 Å². The Morgan fingerprint density at radius 2 is 2.39 bits per heavy atom. The van der Waals surface area contributed by atoms with E-state index in [1.54, 1.807) is 18.0 Å². The smallest absolute Gasteiger partial charge is 0.228 e. The lowest BCUT2D eigenvalue weighted by Crippen LogP contribution is -2.28. The van der Waals surface area contributed by atoms with Gasteiger partial charge in [0.15, 0.2) is 0 Å². The summed E-state index contributed by atoms with van der Waals surface area (Å²) in [7, 11) is 0. The largest absolute Gasteiger partial charge is 0.396 e. The Bertz CT molecular complexity index is 408. The summed E-state index contributed by atoms with van der Waals surface area (Å²) < 4.78 is 0. The standard InChI is InChI=1S/C13H18N2O2S/c16-6-7-18-9-10-4-5-14-12(8-10)15-13(17)11-2-1-3-11/h4-5,8,11,16H,1-3,6-7,9H2,(H,14,15,17). The topological polar surface area (TPSA) is 62.2 Å². The summed E-state index contributed by atoms with van der Waals surface area (Å²) in [4.78, 5) is 15.9. The third-order valence-corrected chi connectivity index (χ3v) is 4.06. The average Bonchev–Trinajstić information content (AvgIpc) is 2.27. The van der Waals surface area contributed by atoms with Crippen molar-refractivity contribution in [3.05, 3.63) is 23.9 Å². The zero-order valence-corrected chi connectivity index (χ0v) is 11.1. The van der Waals surface area contributed by atoms with E-state index in [9.17, 15) is 4.79 Å². The Hall–Kier alpha value is -1.07. The maximum atomic E-state index is 11.8. The van der Waals surface area contributed by atoms with E-state index in [0.717, 1.165) is 36.3 Å². The van der Waals surface area contributed by atoms with E-state index in [2.05, 4.69) is 10.3 Å². The number of anilines is 1. The molecule has 0 aromatic carbocycles. The van der Waals surface area contributed by atoms with Gasteiger partial charge in [-0.1, -0.05) is 6.42 Å². The van der Waals surface area contributed by atoms with Crippen molar-refractivity contribution in [3.8, 4) is 0 Å². The van der Waals surface area contributed by atoms with Crippen LogP contribution in [0.3, 0.4) is 0 Å². The molecule has 18 heavy (non-hydrogen) atoms. The highest BCUT2D eigenvalue weighted by molar-refractivity contribution is 7.98. The van der Waals surface area contributed by atoms with Gasteiger partial charge in [-0.05, 0) is 30.5 Å². The highest BCUT2D eigenvalue weighted by atomic mass is 32.2. The maximum absolute atomic E-state index is 11.8. The molecule has 0 radical (unpaired) electrons. The molecule has 98 valence electrons. The number of aromatic nitrogens is 1. The van der Waals surface area contributed by atoms with Crippen molar-refractivity contribution in [1.82, 2.24) is 4.98 Å². The summed E-state index contributed by atoms with van der Waals surface area (Å²) >= 11 is 1.67. The van der Waals surface area contributed by atoms with Crippen LogP contribution in [0.4, 0.5) is 5.82 Å². The summed E-state index contributed by atoms with van der Waals surface area (Å²) in [5.74, 6) is 2.46. The zero-order chi connectivity index (χ0) is 12.8. The molecule has 0 bridgehead atoms. The molecule has 0 spiro atoms. The number of hydrogen-bond acceptors (Lipinski definition) is 4. The van der Waals surface area contributed by atoms with Gasteiger partial charge in [-0.25, -0.2) is 4.98 Å². The highest BCUT2D eigenvalue weighted by Crippen LogP contribution is 2.27. The Morgan fingerprint density at radius 3 is 3.06 bits per heavy atom. The van der Waals surface area contributed by atoms with Crippen LogP contribution in [0.15, 0.2) is 18.3 Å². The second-order valence-corrected chi connectivity index (χ2v) is 5.55. The first-order chi connectivity index (χ1) is 8.79. The molecule has 0 saturated heterocycles. The van der Waals surface area contributed by atoms with Crippen LogP contribution in [-0.2, 0) is 10.5 Å². The van der Waals surface area contributed by atoms with Crippen molar-refractivity contribution < 1.29 is 9.90 Å². The van der Waals surface area contributed by atoms with E-state index < -0.39 is 0 Å². The number of carbonyl (C=O) groups is 1. The van der Waals surface area contributed by atoms with Crippen LogP contribution in [0.1, 0.15) is 24.8 Å². The van der Waals surface area contributed by atoms with Gasteiger partial charge in [0.25, 0.3) is 0 Å². The van der Waals surface area contributed by atoms with Gasteiger partial charge in [0.2, 0.25) is 5.91 Å². The fourth-order valence-electron chi connectivity index (χ4n) is 1.79. The minimum atomic E-state index is 0.0916. The normalized spacial score (nSPS) is 15.2. The van der Waals surface area contributed by atoms with Crippen molar-refractivity contribution in [2.75, 3.05) is 17.7 Å². The van der Waals surface area contributed by atoms with E-state index in [0.29, 0.717) is 5.82 Å². The number of carbonyl (C=O) groups excluding carboxylic acids is 1. The van der Waals surface area contributed by atoms with Crippen LogP contribution in [0, 0.1) is 5.92 Å². The fraction of sp³-hybridized carbons (Fsp3) is 0.538. The predicted octanol–water partition coefficient (Wildman–Crippen LogP) is 2.05. The molecule has 1 amide bonds. The number of thioether (sulfide) groups is 1. The molecule has 5 heteroatoms. The molecular formula is C13H18N2O2S. The van der Waals surface area contributed by atoms with Crippen molar-refractivity contribution in [2.45, 2.75) is 25.0 Å². The molecule has 1 aliphatic rings. The van der Waals surface area contributed by atoms with Gasteiger partial charge in [-0.15, -0.1) is 0 Å². The Kier molecular flexibility index (Phi) is 5.01. The molecular weight excluding hydrogens is 248 g/mol. The number of nitrogens with one attached hydrogen (secondary N) is 1. The summed E-state index contributed by atoms with van der Waals surface area (Å²) in [6.07, 6.45) is 4.87. The number of amides is 1. The van der Waals surface area contributed by atoms with Gasteiger partial charge in [-0.3, -0.25) is 4.79 Å². The Balaban J connectivity index is 1.87. The quantitative estimate of drug-likeness (QED) is 0.774. The van der Waals surface area contributed by atoms with Gasteiger partial charge >= 0.3 is 0 Å². The third kappa shape index (κ3) is 3.71. The van der Waals surface area contributed by atoms with E-state index in [4.69, 9.17) is 5.11 Å². The van der Waals surface area contributed by atoms with Crippen LogP contribution < -0.4 is 5.32 Å². The molecule has 0 unspecified atom stereocenters. The molecule has 0 atom stereocenters. The average molecular weight is 266 g/mol. The summed E-state index contributed by atoms with van der Waals surface area (Å²) in [5, 5.41) is 11.6. The van der Waals surface area contributed by atoms with E-state index >= 15 is 0 Å². The van der Waals surface area contributed by atoms with E-state index in [1.165, 1.54) is 0 Å². The highest BCUT2D eigenvalue weighted by Gasteiger charge is 2.25. The zero-order valence-electron chi connectivity index (χ0n) is 10.3. The lowest BCUT2D eigenvalue weighted by molar-refractivity contribution is -0.122. The number of nitrogens with zero attached hydrogens (tertiary/aromatic N) is 1. The molecule has 1 aromatic heterocycles. The second-order valence-electron chi connectivity index (χ2n) is 4.44. The first-order valence-corrected chi connectivity index (χ1v) is 7.39. The van der Waals surface area contributed by atoms with Crippen LogP contribution in [-0.4, -0.2) is 28.4 Å². The summed E-state index contributed by atoms with van der Waals surface area (Å²) in [6, 6.07) is 3.84. The molecule has 1 saturated carbocycles. The van der Waals surface area contributed by atoms with Crippen molar-refractivity contribution in [2.24, 2.45) is 5.92 Å². The monoisotopic (exact) mass is 266 g/mol. The van der Waals surface area contributed by atoms with Crippen LogP contribution >= 0.6 is 11.8 Å². The third-order valence-electron chi connectivity index (χ3n) is 3.06. The van der Waals surface area contributed by atoms with Crippen molar-refractivity contribution in [1.29, 1.82) is 0 Å². The summed E-state index contributed by atoms with van der Waals surface area (Å²) in [6.45, 7) is 0.195. The van der Waals surface area contributed by atoms with E-state index in [1.807, 2.05) is 12.1 Å². The molecule has 2 N–H and O–H groups in total. The molecule has 1 aliphatic carbocycles. The first-order valence-electron chi connectivity index (χ1n) is 6.24. The minimum absolute atomic E-state index is 0.0916. The number of hydrogen-bond donors (Lipinski definition) is 2.